The van der Waals surface area contributed by atoms with Crippen molar-refractivity contribution in [3.05, 3.63) is 89.3 Å². The molecule has 0 fully saturated rings. The molecule has 0 saturated carbocycles. The van der Waals surface area contributed by atoms with Crippen LogP contribution in [-0.2, 0) is 9.59 Å². The van der Waals surface area contributed by atoms with Crippen LogP contribution < -0.4 is 20.9 Å². The van der Waals surface area contributed by atoms with Crippen LogP contribution in [0.2, 0.25) is 5.02 Å². The minimum absolute atomic E-state index is 0.0292. The van der Waals surface area contributed by atoms with E-state index in [2.05, 4.69) is 16.2 Å². The van der Waals surface area contributed by atoms with E-state index in [0.717, 1.165) is 5.56 Å². The van der Waals surface area contributed by atoms with E-state index in [1.165, 1.54) is 0 Å². The third kappa shape index (κ3) is 6.38. The fraction of sp³-hybridized carbons (Fsp3) is 0.143. The molecule has 0 aliphatic rings. The van der Waals surface area contributed by atoms with E-state index in [-0.39, 0.29) is 19.2 Å². The number of nitrogens with one attached hydrogen (secondary N) is 3. The van der Waals surface area contributed by atoms with Crippen molar-refractivity contribution in [2.24, 2.45) is 0 Å². The second-order valence-corrected chi connectivity index (χ2v) is 6.52. The van der Waals surface area contributed by atoms with Gasteiger partial charge in [-0.2, -0.15) is 0 Å². The van der Waals surface area contributed by atoms with Crippen LogP contribution in [-0.4, -0.2) is 25.0 Å². The monoisotopic (exact) mass is 413 g/mol. The molecule has 29 heavy (non-hydrogen) atoms. The van der Waals surface area contributed by atoms with Gasteiger partial charge < -0.3 is 9.15 Å². The Labute approximate surface area is 173 Å². The van der Waals surface area contributed by atoms with Gasteiger partial charge in [0.2, 0.25) is 0 Å². The Hall–Kier alpha value is -3.29. The first kappa shape index (κ1) is 20.4. The molecule has 0 bridgehead atoms. The molecule has 1 heterocycles. The summed E-state index contributed by atoms with van der Waals surface area (Å²) in [5.74, 6) is 0.294. The largest absolute Gasteiger partial charge is 0.484 e. The van der Waals surface area contributed by atoms with E-state index in [1.807, 2.05) is 36.4 Å². The fourth-order valence-corrected chi connectivity index (χ4v) is 2.70. The molecule has 0 saturated heterocycles. The lowest BCUT2D eigenvalue weighted by atomic mass is 10.0. The van der Waals surface area contributed by atoms with E-state index >= 15 is 0 Å². The average Bonchev–Trinajstić information content (AvgIpc) is 3.27. The standard InChI is InChI=1S/C21H20ClN3O4/c22-16-8-10-17(11-9-16)29-14-20(27)25-24-19(26)13-23-21(18-7-4-12-28-18)15-5-2-1-3-6-15/h1-12,21,23H,13-14H2,(H,24,26)(H,25,27)/t21-/m0/s1. The van der Waals surface area contributed by atoms with Gasteiger partial charge in [0.25, 0.3) is 11.8 Å². The van der Waals surface area contributed by atoms with E-state index in [4.69, 9.17) is 20.8 Å². The summed E-state index contributed by atoms with van der Waals surface area (Å²) in [6, 6.07) is 19.6. The highest BCUT2D eigenvalue weighted by atomic mass is 35.5. The molecule has 7 nitrogen and oxygen atoms in total. The number of amides is 2. The van der Waals surface area contributed by atoms with Crippen LogP contribution in [0, 0.1) is 0 Å². The highest BCUT2D eigenvalue weighted by molar-refractivity contribution is 6.30. The van der Waals surface area contributed by atoms with Crippen molar-refractivity contribution in [1.82, 2.24) is 16.2 Å². The molecule has 3 rings (SSSR count). The van der Waals surface area contributed by atoms with Crippen molar-refractivity contribution in [3.63, 3.8) is 0 Å². The average molecular weight is 414 g/mol. The van der Waals surface area contributed by atoms with Crippen molar-refractivity contribution in [1.29, 1.82) is 0 Å². The number of hydrogen-bond acceptors (Lipinski definition) is 5. The number of benzene rings is 2. The van der Waals surface area contributed by atoms with E-state index < -0.39 is 11.8 Å². The molecule has 1 atom stereocenters. The first-order valence-corrected chi connectivity index (χ1v) is 9.27. The molecule has 2 amide bonds. The highest BCUT2D eigenvalue weighted by Crippen LogP contribution is 2.21. The third-order valence-electron chi connectivity index (χ3n) is 3.95. The van der Waals surface area contributed by atoms with Crippen molar-refractivity contribution in [3.8, 4) is 5.75 Å². The van der Waals surface area contributed by atoms with Crippen molar-refractivity contribution < 1.29 is 18.7 Å². The molecule has 0 aliphatic carbocycles. The van der Waals surface area contributed by atoms with Gasteiger partial charge in [0.05, 0.1) is 18.8 Å². The molecule has 1 aromatic heterocycles. The Balaban J connectivity index is 1.44. The zero-order valence-electron chi connectivity index (χ0n) is 15.4. The van der Waals surface area contributed by atoms with Crippen molar-refractivity contribution >= 4 is 23.4 Å². The Kier molecular flexibility index (Phi) is 7.27. The third-order valence-corrected chi connectivity index (χ3v) is 4.20. The number of ether oxygens (including phenoxy) is 1. The Morgan fingerprint density at radius 2 is 1.66 bits per heavy atom. The van der Waals surface area contributed by atoms with Crippen LogP contribution >= 0.6 is 11.6 Å². The smallest absolute Gasteiger partial charge is 0.276 e. The van der Waals surface area contributed by atoms with Crippen molar-refractivity contribution in [2.75, 3.05) is 13.2 Å². The minimum Gasteiger partial charge on any atom is -0.484 e. The van der Waals surface area contributed by atoms with Gasteiger partial charge in [-0.1, -0.05) is 41.9 Å². The topological polar surface area (TPSA) is 92.6 Å². The fourth-order valence-electron chi connectivity index (χ4n) is 2.58. The van der Waals surface area contributed by atoms with E-state index in [0.29, 0.717) is 16.5 Å². The van der Waals surface area contributed by atoms with E-state index in [1.54, 1.807) is 36.6 Å². The molecule has 0 unspecified atom stereocenters. The molecule has 0 aliphatic heterocycles. The van der Waals surface area contributed by atoms with Gasteiger partial charge in [0, 0.05) is 5.02 Å². The second-order valence-electron chi connectivity index (χ2n) is 6.08. The molecular formula is C21H20ClN3O4. The van der Waals surface area contributed by atoms with Gasteiger partial charge in [-0.05, 0) is 42.0 Å². The van der Waals surface area contributed by atoms with Crippen LogP contribution in [0.25, 0.3) is 0 Å². The van der Waals surface area contributed by atoms with Crippen molar-refractivity contribution in [2.45, 2.75) is 6.04 Å². The van der Waals surface area contributed by atoms with Gasteiger partial charge in [-0.25, -0.2) is 0 Å². The van der Waals surface area contributed by atoms with Crippen LogP contribution in [0.4, 0.5) is 0 Å². The maximum Gasteiger partial charge on any atom is 0.276 e. The summed E-state index contributed by atoms with van der Waals surface area (Å²) in [5.41, 5.74) is 5.61. The molecule has 2 aromatic carbocycles. The summed E-state index contributed by atoms with van der Waals surface area (Å²) in [4.78, 5) is 23.9. The van der Waals surface area contributed by atoms with Crippen LogP contribution in [0.3, 0.4) is 0 Å². The lowest BCUT2D eigenvalue weighted by molar-refractivity contribution is -0.129. The molecular weight excluding hydrogens is 394 g/mol. The Morgan fingerprint density at radius 1 is 0.931 bits per heavy atom. The number of halogens is 1. The lowest BCUT2D eigenvalue weighted by Gasteiger charge is -2.17. The summed E-state index contributed by atoms with van der Waals surface area (Å²) in [7, 11) is 0. The SMILES string of the molecule is O=C(CN[C@@H](c1ccccc1)c1ccco1)NNC(=O)COc1ccc(Cl)cc1. The maximum atomic E-state index is 12.1. The number of hydrogen-bond donors (Lipinski definition) is 3. The second kappa shape index (κ2) is 10.3. The Bertz CT molecular complexity index is 915. The quantitative estimate of drug-likeness (QED) is 0.494. The minimum atomic E-state index is -0.487. The zero-order chi connectivity index (χ0) is 20.5. The zero-order valence-corrected chi connectivity index (χ0v) is 16.2. The predicted molar refractivity (Wildman–Crippen MR) is 108 cm³/mol. The molecule has 3 N–H and O–H groups in total. The molecule has 0 radical (unpaired) electrons. The predicted octanol–water partition coefficient (Wildman–Crippen LogP) is 2.84. The number of furan rings is 1. The van der Waals surface area contributed by atoms with Gasteiger partial charge in [0.1, 0.15) is 11.5 Å². The van der Waals surface area contributed by atoms with Crippen LogP contribution in [0.1, 0.15) is 17.4 Å². The lowest BCUT2D eigenvalue weighted by Crippen LogP contribution is -2.47. The molecule has 3 aromatic rings. The van der Waals surface area contributed by atoms with Gasteiger partial charge in [-0.15, -0.1) is 0 Å². The molecule has 150 valence electrons. The first-order chi connectivity index (χ1) is 14.1. The summed E-state index contributed by atoms with van der Waals surface area (Å²) >= 11 is 5.79. The van der Waals surface area contributed by atoms with Gasteiger partial charge in [-0.3, -0.25) is 25.8 Å². The normalized spacial score (nSPS) is 11.5. The first-order valence-electron chi connectivity index (χ1n) is 8.89. The number of carbonyl (C=O) groups is 2. The maximum absolute atomic E-state index is 12.1. The van der Waals surface area contributed by atoms with Gasteiger partial charge in [0.15, 0.2) is 6.61 Å². The number of rotatable bonds is 8. The van der Waals surface area contributed by atoms with E-state index in [9.17, 15) is 9.59 Å². The summed E-state index contributed by atoms with van der Waals surface area (Å²) in [6.07, 6.45) is 1.58. The highest BCUT2D eigenvalue weighted by Gasteiger charge is 2.17. The Morgan fingerprint density at radius 3 is 2.34 bits per heavy atom. The molecule has 8 heteroatoms. The molecule has 0 spiro atoms. The number of carbonyl (C=O) groups excluding carboxylic acids is 2. The van der Waals surface area contributed by atoms with Gasteiger partial charge >= 0.3 is 0 Å². The summed E-state index contributed by atoms with van der Waals surface area (Å²) in [5, 5.41) is 3.70. The van der Waals surface area contributed by atoms with Crippen LogP contribution in [0.5, 0.6) is 5.75 Å². The summed E-state index contributed by atoms with van der Waals surface area (Å²) < 4.78 is 10.8. The number of hydrazine groups is 1. The summed E-state index contributed by atoms with van der Waals surface area (Å²) in [6.45, 7) is -0.271. The van der Waals surface area contributed by atoms with Crippen LogP contribution in [0.15, 0.2) is 77.4 Å².